The molecule has 0 atom stereocenters. The van der Waals surface area contributed by atoms with Gasteiger partial charge in [-0.05, 0) is 50.8 Å². The highest BCUT2D eigenvalue weighted by molar-refractivity contribution is 7.17. The van der Waals surface area contributed by atoms with Crippen molar-refractivity contribution < 1.29 is 14.3 Å². The van der Waals surface area contributed by atoms with Crippen LogP contribution >= 0.6 is 11.3 Å². The Kier molecular flexibility index (Phi) is 5.96. The summed E-state index contributed by atoms with van der Waals surface area (Å²) in [4.78, 5) is 26.8. The molecule has 0 spiro atoms. The second-order valence-corrected chi connectivity index (χ2v) is 8.39. The van der Waals surface area contributed by atoms with Gasteiger partial charge in [0.15, 0.2) is 11.5 Å². The number of fused-ring (bicyclic) bond motifs is 1. The van der Waals surface area contributed by atoms with Crippen LogP contribution in [0.3, 0.4) is 0 Å². The Morgan fingerprint density at radius 3 is 2.77 bits per heavy atom. The van der Waals surface area contributed by atoms with Gasteiger partial charge in [-0.15, -0.1) is 11.3 Å². The van der Waals surface area contributed by atoms with Crippen molar-refractivity contribution in [2.24, 2.45) is 0 Å². The number of hydrogen-bond acceptors (Lipinski definition) is 7. The van der Waals surface area contributed by atoms with Gasteiger partial charge in [-0.3, -0.25) is 9.78 Å². The maximum absolute atomic E-state index is 13.5. The molecular formula is C22H24N4O3S. The van der Waals surface area contributed by atoms with Crippen molar-refractivity contribution in [3.63, 3.8) is 0 Å². The molecule has 0 bridgehead atoms. The number of benzene rings is 1. The van der Waals surface area contributed by atoms with Gasteiger partial charge in [-0.2, -0.15) is 0 Å². The number of pyridine rings is 1. The molecule has 0 fully saturated rings. The molecule has 156 valence electrons. The summed E-state index contributed by atoms with van der Waals surface area (Å²) in [6.45, 7) is 3.99. The number of aryl methyl sites for hydroxylation is 1. The molecule has 1 aliphatic heterocycles. The minimum absolute atomic E-state index is 0.0142. The molecule has 0 radical (unpaired) electrons. The zero-order chi connectivity index (χ0) is 21.1. The molecule has 0 N–H and O–H groups in total. The predicted octanol–water partition coefficient (Wildman–Crippen LogP) is 3.45. The van der Waals surface area contributed by atoms with E-state index in [9.17, 15) is 4.79 Å². The summed E-state index contributed by atoms with van der Waals surface area (Å²) < 4.78 is 10.9. The Morgan fingerprint density at radius 1 is 1.17 bits per heavy atom. The Hall–Kier alpha value is -2.97. The summed E-state index contributed by atoms with van der Waals surface area (Å²) in [7, 11) is 4.00. The summed E-state index contributed by atoms with van der Waals surface area (Å²) in [6.07, 6.45) is 3.49. The van der Waals surface area contributed by atoms with Gasteiger partial charge in [0.25, 0.3) is 5.91 Å². The Bertz CT molecular complexity index is 1040. The number of likely N-dealkylation sites (N-methyl/N-ethyl adjacent to an activating group) is 1. The molecule has 1 aromatic carbocycles. The third-order valence-corrected chi connectivity index (χ3v) is 6.01. The molecule has 2 aromatic heterocycles. The number of rotatable bonds is 7. The largest absolute Gasteiger partial charge is 0.454 e. The van der Waals surface area contributed by atoms with Crippen molar-refractivity contribution in [3.8, 4) is 22.1 Å². The topological polar surface area (TPSA) is 67.8 Å². The molecule has 4 rings (SSSR count). The lowest BCUT2D eigenvalue weighted by Crippen LogP contribution is -2.36. The molecule has 7 nitrogen and oxygen atoms in total. The smallest absolute Gasteiger partial charge is 0.266 e. The SMILES string of the molecule is Cc1nc(-c2cccnc2)sc1C(=O)N(CCN(C)C)Cc1ccc2c(c1)OCO2. The van der Waals surface area contributed by atoms with E-state index in [0.717, 1.165) is 39.9 Å². The second kappa shape index (κ2) is 8.81. The highest BCUT2D eigenvalue weighted by Crippen LogP contribution is 2.33. The first-order valence-electron chi connectivity index (χ1n) is 9.71. The normalized spacial score (nSPS) is 12.4. The van der Waals surface area contributed by atoms with Crippen molar-refractivity contribution in [3.05, 3.63) is 58.9 Å². The zero-order valence-corrected chi connectivity index (χ0v) is 18.1. The maximum Gasteiger partial charge on any atom is 0.266 e. The van der Waals surface area contributed by atoms with Crippen LogP contribution in [0.5, 0.6) is 11.5 Å². The van der Waals surface area contributed by atoms with Gasteiger partial charge in [0.1, 0.15) is 9.88 Å². The van der Waals surface area contributed by atoms with E-state index in [4.69, 9.17) is 9.47 Å². The zero-order valence-electron chi connectivity index (χ0n) is 17.3. The van der Waals surface area contributed by atoms with Crippen LogP contribution in [0.25, 0.3) is 10.6 Å². The number of aromatic nitrogens is 2. The van der Waals surface area contributed by atoms with E-state index in [-0.39, 0.29) is 12.7 Å². The lowest BCUT2D eigenvalue weighted by Gasteiger charge is -2.24. The van der Waals surface area contributed by atoms with E-state index < -0.39 is 0 Å². The molecule has 0 saturated heterocycles. The van der Waals surface area contributed by atoms with Gasteiger partial charge in [0, 0.05) is 37.6 Å². The van der Waals surface area contributed by atoms with Gasteiger partial charge in [-0.25, -0.2) is 4.98 Å². The summed E-state index contributed by atoms with van der Waals surface area (Å²) >= 11 is 1.41. The monoisotopic (exact) mass is 424 g/mol. The average molecular weight is 425 g/mol. The average Bonchev–Trinajstić information content (AvgIpc) is 3.37. The van der Waals surface area contributed by atoms with Crippen LogP contribution in [-0.4, -0.2) is 59.7 Å². The molecule has 30 heavy (non-hydrogen) atoms. The first-order valence-corrected chi connectivity index (χ1v) is 10.5. The molecular weight excluding hydrogens is 400 g/mol. The molecule has 0 saturated carbocycles. The molecule has 3 heterocycles. The molecule has 8 heteroatoms. The van der Waals surface area contributed by atoms with Crippen LogP contribution in [0.15, 0.2) is 42.7 Å². The Balaban J connectivity index is 1.59. The second-order valence-electron chi connectivity index (χ2n) is 7.39. The van der Waals surface area contributed by atoms with Gasteiger partial charge in [-0.1, -0.05) is 6.07 Å². The number of carbonyl (C=O) groups excluding carboxylic acids is 1. The fraction of sp³-hybridized carbons (Fsp3) is 0.318. The number of hydrogen-bond donors (Lipinski definition) is 0. The summed E-state index contributed by atoms with van der Waals surface area (Å²) in [5, 5.41) is 0.805. The van der Waals surface area contributed by atoms with Gasteiger partial charge in [0.2, 0.25) is 6.79 Å². The number of carbonyl (C=O) groups is 1. The number of ether oxygens (including phenoxy) is 2. The number of nitrogens with zero attached hydrogens (tertiary/aromatic N) is 4. The molecule has 1 amide bonds. The fourth-order valence-electron chi connectivity index (χ4n) is 3.18. The highest BCUT2D eigenvalue weighted by Gasteiger charge is 2.23. The predicted molar refractivity (Wildman–Crippen MR) is 116 cm³/mol. The highest BCUT2D eigenvalue weighted by atomic mass is 32.1. The van der Waals surface area contributed by atoms with Gasteiger partial charge >= 0.3 is 0 Å². The van der Waals surface area contributed by atoms with E-state index in [1.807, 2.05) is 56.3 Å². The van der Waals surface area contributed by atoms with E-state index in [1.165, 1.54) is 11.3 Å². The van der Waals surface area contributed by atoms with E-state index in [0.29, 0.717) is 18.0 Å². The lowest BCUT2D eigenvalue weighted by molar-refractivity contribution is 0.0735. The standard InChI is InChI=1S/C22H24N4O3S/c1-15-20(30-21(24-15)17-5-4-8-23-12-17)22(27)26(10-9-25(2)3)13-16-6-7-18-19(11-16)29-14-28-18/h4-8,11-12H,9-10,13-14H2,1-3H3. The van der Waals surface area contributed by atoms with Gasteiger partial charge < -0.3 is 19.3 Å². The summed E-state index contributed by atoms with van der Waals surface area (Å²) in [5.41, 5.74) is 2.66. The quantitative estimate of drug-likeness (QED) is 0.579. The van der Waals surface area contributed by atoms with Crippen molar-refractivity contribution in [2.75, 3.05) is 34.0 Å². The molecule has 0 unspecified atom stereocenters. The maximum atomic E-state index is 13.5. The Labute approximate surface area is 179 Å². The minimum atomic E-state index is -0.0142. The van der Waals surface area contributed by atoms with Crippen molar-refractivity contribution in [1.82, 2.24) is 19.8 Å². The van der Waals surface area contributed by atoms with E-state index in [2.05, 4.69) is 14.9 Å². The van der Waals surface area contributed by atoms with Crippen molar-refractivity contribution in [1.29, 1.82) is 0 Å². The first-order chi connectivity index (χ1) is 14.5. The Morgan fingerprint density at radius 2 is 2.00 bits per heavy atom. The number of amides is 1. The minimum Gasteiger partial charge on any atom is -0.454 e. The van der Waals surface area contributed by atoms with Crippen LogP contribution < -0.4 is 9.47 Å². The molecule has 3 aromatic rings. The van der Waals surface area contributed by atoms with Crippen molar-refractivity contribution >= 4 is 17.2 Å². The van der Waals surface area contributed by atoms with Crippen LogP contribution in [-0.2, 0) is 6.54 Å². The van der Waals surface area contributed by atoms with Crippen LogP contribution in [0, 0.1) is 6.92 Å². The fourth-order valence-corrected chi connectivity index (χ4v) is 4.21. The first kappa shape index (κ1) is 20.3. The lowest BCUT2D eigenvalue weighted by atomic mass is 10.2. The summed E-state index contributed by atoms with van der Waals surface area (Å²) in [6, 6.07) is 9.64. The van der Waals surface area contributed by atoms with E-state index >= 15 is 0 Å². The molecule has 1 aliphatic rings. The van der Waals surface area contributed by atoms with E-state index in [1.54, 1.807) is 12.4 Å². The molecule has 0 aliphatic carbocycles. The van der Waals surface area contributed by atoms with Crippen molar-refractivity contribution in [2.45, 2.75) is 13.5 Å². The van der Waals surface area contributed by atoms with Crippen LogP contribution in [0.2, 0.25) is 0 Å². The van der Waals surface area contributed by atoms with Crippen LogP contribution in [0.4, 0.5) is 0 Å². The summed E-state index contributed by atoms with van der Waals surface area (Å²) in [5.74, 6) is 1.45. The number of thiazole rings is 1. The third kappa shape index (κ3) is 4.44. The van der Waals surface area contributed by atoms with Gasteiger partial charge in [0.05, 0.1) is 5.69 Å². The van der Waals surface area contributed by atoms with Crippen LogP contribution in [0.1, 0.15) is 20.9 Å². The third-order valence-electron chi connectivity index (χ3n) is 4.81.